The van der Waals surface area contributed by atoms with E-state index in [9.17, 15) is 8.78 Å². The van der Waals surface area contributed by atoms with Gasteiger partial charge in [-0.25, -0.2) is 4.98 Å². The Labute approximate surface area is 176 Å². The van der Waals surface area contributed by atoms with Gasteiger partial charge in [-0.1, -0.05) is 28.1 Å². The highest BCUT2D eigenvalue weighted by molar-refractivity contribution is 14.0. The molecule has 2 aromatic rings. The Hall–Kier alpha value is -1.23. The summed E-state index contributed by atoms with van der Waals surface area (Å²) in [6.07, 6.45) is 4.86. The Morgan fingerprint density at radius 3 is 2.77 bits per heavy atom. The van der Waals surface area contributed by atoms with Crippen molar-refractivity contribution in [2.45, 2.75) is 31.4 Å². The molecule has 5 nitrogen and oxygen atoms in total. The summed E-state index contributed by atoms with van der Waals surface area (Å²) in [4.78, 5) is 8.12. The molecule has 1 heterocycles. The summed E-state index contributed by atoms with van der Waals surface area (Å²) >= 11 is 3.51. The van der Waals surface area contributed by atoms with Gasteiger partial charge in [-0.2, -0.15) is 8.78 Å². The van der Waals surface area contributed by atoms with E-state index in [4.69, 9.17) is 0 Å². The van der Waals surface area contributed by atoms with Crippen LogP contribution in [0.3, 0.4) is 0 Å². The van der Waals surface area contributed by atoms with Gasteiger partial charge in [0.25, 0.3) is 0 Å². The van der Waals surface area contributed by atoms with Crippen molar-refractivity contribution in [2.75, 3.05) is 13.6 Å². The molecule has 0 bridgehead atoms. The number of aromatic nitrogens is 2. The third-order valence-corrected chi connectivity index (χ3v) is 4.97. The van der Waals surface area contributed by atoms with E-state index in [1.165, 1.54) is 18.0 Å². The second kappa shape index (κ2) is 9.12. The maximum Gasteiger partial charge on any atom is 0.319 e. The second-order valence-electron chi connectivity index (χ2n) is 6.10. The molecule has 1 aromatic heterocycles. The number of nitrogens with zero attached hydrogens (tertiary/aromatic N) is 3. The molecule has 9 heteroatoms. The maximum absolute atomic E-state index is 12.8. The Morgan fingerprint density at radius 1 is 1.38 bits per heavy atom. The van der Waals surface area contributed by atoms with Gasteiger partial charge in [-0.05, 0) is 30.5 Å². The van der Waals surface area contributed by atoms with E-state index in [2.05, 4.69) is 48.7 Å². The van der Waals surface area contributed by atoms with E-state index >= 15 is 0 Å². The first-order chi connectivity index (χ1) is 12.0. The highest BCUT2D eigenvalue weighted by atomic mass is 127. The van der Waals surface area contributed by atoms with Gasteiger partial charge in [0.1, 0.15) is 5.82 Å². The van der Waals surface area contributed by atoms with Crippen LogP contribution in [0.25, 0.3) is 0 Å². The van der Waals surface area contributed by atoms with E-state index in [0.29, 0.717) is 5.96 Å². The van der Waals surface area contributed by atoms with Crippen LogP contribution in [-0.4, -0.2) is 29.1 Å². The first-order valence-electron chi connectivity index (χ1n) is 8.04. The fourth-order valence-corrected chi connectivity index (χ4v) is 3.23. The molecule has 0 spiro atoms. The van der Waals surface area contributed by atoms with Gasteiger partial charge >= 0.3 is 6.55 Å². The summed E-state index contributed by atoms with van der Waals surface area (Å²) in [7, 11) is 1.66. The van der Waals surface area contributed by atoms with E-state index in [1.54, 1.807) is 7.05 Å². The highest BCUT2D eigenvalue weighted by Gasteiger charge is 2.44. The molecular formula is C17H21BrF2IN5. The minimum Gasteiger partial charge on any atom is -0.356 e. The zero-order valence-electron chi connectivity index (χ0n) is 14.3. The molecule has 0 amide bonds. The normalized spacial score (nSPS) is 15.5. The van der Waals surface area contributed by atoms with Crippen molar-refractivity contribution < 1.29 is 8.78 Å². The SMILES string of the molecule is CN=C(NCc1nccn1C(F)F)NCC1(c2cccc(Br)c2)CC1.I. The number of hydrogen-bond donors (Lipinski definition) is 2. The van der Waals surface area contributed by atoms with Gasteiger partial charge < -0.3 is 10.6 Å². The Balaban J connectivity index is 0.00000243. The van der Waals surface area contributed by atoms with E-state index in [-0.39, 0.29) is 41.8 Å². The second-order valence-corrected chi connectivity index (χ2v) is 7.01. The molecule has 26 heavy (non-hydrogen) atoms. The molecule has 1 aliphatic rings. The fraction of sp³-hybridized carbons (Fsp3) is 0.412. The lowest BCUT2D eigenvalue weighted by atomic mass is 9.96. The molecule has 1 fully saturated rings. The van der Waals surface area contributed by atoms with Crippen LogP contribution in [0.4, 0.5) is 8.78 Å². The lowest BCUT2D eigenvalue weighted by Crippen LogP contribution is -2.41. The first-order valence-corrected chi connectivity index (χ1v) is 8.84. The summed E-state index contributed by atoms with van der Waals surface area (Å²) in [5.74, 6) is 0.844. The van der Waals surface area contributed by atoms with Crippen LogP contribution < -0.4 is 10.6 Å². The van der Waals surface area contributed by atoms with Crippen LogP contribution in [0.15, 0.2) is 46.1 Å². The monoisotopic (exact) mass is 539 g/mol. The van der Waals surface area contributed by atoms with Crippen molar-refractivity contribution in [1.29, 1.82) is 0 Å². The molecule has 1 saturated carbocycles. The molecule has 1 aliphatic carbocycles. The van der Waals surface area contributed by atoms with Gasteiger partial charge in [0.15, 0.2) is 5.96 Å². The van der Waals surface area contributed by atoms with E-state index < -0.39 is 6.55 Å². The summed E-state index contributed by atoms with van der Waals surface area (Å²) in [6, 6.07) is 8.33. The topological polar surface area (TPSA) is 54.2 Å². The number of hydrogen-bond acceptors (Lipinski definition) is 2. The molecular weight excluding hydrogens is 519 g/mol. The van der Waals surface area contributed by atoms with Gasteiger partial charge in [-0.3, -0.25) is 9.56 Å². The van der Waals surface area contributed by atoms with Crippen molar-refractivity contribution in [3.63, 3.8) is 0 Å². The van der Waals surface area contributed by atoms with Crippen molar-refractivity contribution in [2.24, 2.45) is 4.99 Å². The third kappa shape index (κ3) is 4.93. The average Bonchev–Trinajstić information content (AvgIpc) is 3.24. The smallest absolute Gasteiger partial charge is 0.319 e. The molecule has 2 N–H and O–H groups in total. The van der Waals surface area contributed by atoms with Crippen LogP contribution in [-0.2, 0) is 12.0 Å². The van der Waals surface area contributed by atoms with Gasteiger partial charge in [-0.15, -0.1) is 24.0 Å². The lowest BCUT2D eigenvalue weighted by Gasteiger charge is -2.19. The molecule has 0 atom stereocenters. The molecule has 1 aromatic carbocycles. The number of halogens is 4. The number of alkyl halides is 2. The minimum absolute atomic E-state index is 0. The Kier molecular flexibility index (Phi) is 7.39. The Bertz CT molecular complexity index is 761. The zero-order chi connectivity index (χ0) is 17.9. The molecule has 0 aliphatic heterocycles. The highest BCUT2D eigenvalue weighted by Crippen LogP contribution is 2.48. The van der Waals surface area contributed by atoms with Crippen LogP contribution in [0, 0.1) is 0 Å². The van der Waals surface area contributed by atoms with Crippen LogP contribution in [0.2, 0.25) is 0 Å². The summed E-state index contributed by atoms with van der Waals surface area (Å²) in [5.41, 5.74) is 1.40. The summed E-state index contributed by atoms with van der Waals surface area (Å²) in [5, 5.41) is 6.34. The van der Waals surface area contributed by atoms with Crippen LogP contribution in [0.5, 0.6) is 0 Å². The van der Waals surface area contributed by atoms with Gasteiger partial charge in [0, 0.05) is 35.9 Å². The summed E-state index contributed by atoms with van der Waals surface area (Å²) < 4.78 is 27.6. The molecule has 3 rings (SSSR count). The van der Waals surface area contributed by atoms with Gasteiger partial charge in [0.2, 0.25) is 0 Å². The molecule has 142 valence electrons. The van der Waals surface area contributed by atoms with Crippen molar-refractivity contribution in [3.8, 4) is 0 Å². The molecule has 0 radical (unpaired) electrons. The zero-order valence-corrected chi connectivity index (χ0v) is 18.2. The molecule has 0 saturated heterocycles. The number of guanidine groups is 1. The van der Waals surface area contributed by atoms with Crippen molar-refractivity contribution in [1.82, 2.24) is 20.2 Å². The minimum atomic E-state index is -2.60. The number of nitrogens with one attached hydrogen (secondary N) is 2. The third-order valence-electron chi connectivity index (χ3n) is 4.48. The molecule has 0 unspecified atom stereocenters. The fourth-order valence-electron chi connectivity index (χ4n) is 2.83. The van der Waals surface area contributed by atoms with E-state index in [0.717, 1.165) is 28.4 Å². The standard InChI is InChI=1S/C17H20BrF2N5.HI/c1-21-16(23-10-14-22-7-8-25(14)15(19)20)24-11-17(5-6-17)12-3-2-4-13(18)9-12;/h2-4,7-9,15H,5-6,10-11H2,1H3,(H2,21,23,24);1H. The van der Waals surface area contributed by atoms with E-state index in [1.807, 2.05) is 12.1 Å². The summed E-state index contributed by atoms with van der Waals surface area (Å²) in [6.45, 7) is -1.67. The number of benzene rings is 1. The van der Waals surface area contributed by atoms with Gasteiger partial charge in [0.05, 0.1) is 6.54 Å². The average molecular weight is 540 g/mol. The van der Waals surface area contributed by atoms with Crippen LogP contribution in [0.1, 0.15) is 30.8 Å². The quantitative estimate of drug-likeness (QED) is 0.331. The largest absolute Gasteiger partial charge is 0.356 e. The number of aliphatic imine (C=N–C) groups is 1. The maximum atomic E-state index is 12.8. The van der Waals surface area contributed by atoms with Crippen molar-refractivity contribution >= 4 is 45.9 Å². The lowest BCUT2D eigenvalue weighted by molar-refractivity contribution is 0.0668. The Morgan fingerprint density at radius 2 is 2.15 bits per heavy atom. The number of rotatable bonds is 6. The predicted octanol–water partition coefficient (Wildman–Crippen LogP) is 4.06. The first kappa shape index (κ1) is 21.1. The predicted molar refractivity (Wildman–Crippen MR) is 112 cm³/mol. The van der Waals surface area contributed by atoms with Crippen LogP contribution >= 0.6 is 39.9 Å². The number of imidazole rings is 1. The van der Waals surface area contributed by atoms with Crippen molar-refractivity contribution in [3.05, 3.63) is 52.5 Å².